The van der Waals surface area contributed by atoms with Crippen molar-refractivity contribution in [2.45, 2.75) is 19.4 Å². The maximum atomic E-state index is 11.0. The van der Waals surface area contributed by atoms with Crippen molar-refractivity contribution in [2.24, 2.45) is 5.92 Å². The van der Waals surface area contributed by atoms with Gasteiger partial charge in [-0.25, -0.2) is 13.1 Å². The summed E-state index contributed by atoms with van der Waals surface area (Å²) in [5.41, 5.74) is 0.874. The number of hydrogen-bond acceptors (Lipinski definition) is 3. The van der Waals surface area contributed by atoms with Gasteiger partial charge in [-0.3, -0.25) is 0 Å². The maximum absolute atomic E-state index is 11.0. The molecule has 0 atom stereocenters. The molecular formula is C12H17NO3S. The Morgan fingerprint density at radius 3 is 2.71 bits per heavy atom. The molecule has 0 amide bonds. The first kappa shape index (κ1) is 12.4. The molecule has 1 saturated carbocycles. The van der Waals surface area contributed by atoms with Crippen molar-refractivity contribution in [2.75, 3.05) is 12.9 Å². The third-order valence-corrected chi connectivity index (χ3v) is 3.34. The van der Waals surface area contributed by atoms with Crippen LogP contribution in [0.3, 0.4) is 0 Å². The van der Waals surface area contributed by atoms with Crippen molar-refractivity contribution in [1.29, 1.82) is 0 Å². The average Bonchev–Trinajstić information content (AvgIpc) is 3.07. The molecule has 2 rings (SSSR count). The van der Waals surface area contributed by atoms with Gasteiger partial charge in [0, 0.05) is 12.1 Å². The van der Waals surface area contributed by atoms with Crippen molar-refractivity contribution in [3.8, 4) is 5.75 Å². The Hall–Kier alpha value is -1.07. The van der Waals surface area contributed by atoms with Crippen molar-refractivity contribution in [1.82, 2.24) is 4.72 Å². The zero-order chi connectivity index (χ0) is 12.3. The average molecular weight is 255 g/mol. The summed E-state index contributed by atoms with van der Waals surface area (Å²) in [6.07, 6.45) is 3.63. The third-order valence-electron chi connectivity index (χ3n) is 2.67. The van der Waals surface area contributed by atoms with Gasteiger partial charge < -0.3 is 4.74 Å². The molecule has 17 heavy (non-hydrogen) atoms. The van der Waals surface area contributed by atoms with Crippen molar-refractivity contribution < 1.29 is 13.2 Å². The smallest absolute Gasteiger partial charge is 0.209 e. The highest BCUT2D eigenvalue weighted by Gasteiger charge is 2.22. The second kappa shape index (κ2) is 5.06. The largest absolute Gasteiger partial charge is 0.493 e. The molecule has 1 aliphatic carbocycles. The van der Waals surface area contributed by atoms with Gasteiger partial charge in [0.2, 0.25) is 10.0 Å². The summed E-state index contributed by atoms with van der Waals surface area (Å²) in [6, 6.07) is 7.53. The lowest BCUT2D eigenvalue weighted by Crippen LogP contribution is -2.21. The van der Waals surface area contributed by atoms with Gasteiger partial charge in [-0.15, -0.1) is 0 Å². The van der Waals surface area contributed by atoms with Crippen molar-refractivity contribution in [3.05, 3.63) is 29.8 Å². The Kier molecular flexibility index (Phi) is 3.69. The lowest BCUT2D eigenvalue weighted by molar-refractivity contribution is 0.296. The molecule has 0 radical (unpaired) electrons. The predicted molar refractivity (Wildman–Crippen MR) is 66.3 cm³/mol. The van der Waals surface area contributed by atoms with E-state index in [-0.39, 0.29) is 6.54 Å². The first-order valence-electron chi connectivity index (χ1n) is 5.70. The molecule has 0 heterocycles. The molecular weight excluding hydrogens is 238 g/mol. The van der Waals surface area contributed by atoms with E-state index in [9.17, 15) is 8.42 Å². The summed E-state index contributed by atoms with van der Waals surface area (Å²) in [7, 11) is -3.16. The molecule has 0 saturated heterocycles. The summed E-state index contributed by atoms with van der Waals surface area (Å²) in [6.45, 7) is 1.01. The van der Waals surface area contributed by atoms with Crippen molar-refractivity contribution >= 4 is 10.0 Å². The zero-order valence-electron chi connectivity index (χ0n) is 9.85. The van der Waals surface area contributed by atoms with Crippen LogP contribution in [0.5, 0.6) is 5.75 Å². The van der Waals surface area contributed by atoms with Gasteiger partial charge in [0.1, 0.15) is 5.75 Å². The molecule has 0 unspecified atom stereocenters. The van der Waals surface area contributed by atoms with E-state index < -0.39 is 10.0 Å². The SMILES string of the molecule is CS(=O)(=O)NCc1ccccc1OCC1CC1. The first-order valence-corrected chi connectivity index (χ1v) is 7.59. The van der Waals surface area contributed by atoms with Gasteiger partial charge in [0.15, 0.2) is 0 Å². The molecule has 1 aromatic rings. The van der Waals surface area contributed by atoms with Crippen LogP contribution in [-0.2, 0) is 16.6 Å². The van der Waals surface area contributed by atoms with E-state index in [1.807, 2.05) is 24.3 Å². The second-order valence-electron chi connectivity index (χ2n) is 4.46. The molecule has 1 N–H and O–H groups in total. The van der Waals surface area contributed by atoms with E-state index in [1.54, 1.807) is 0 Å². The monoisotopic (exact) mass is 255 g/mol. The Morgan fingerprint density at radius 2 is 2.06 bits per heavy atom. The fourth-order valence-corrected chi connectivity index (χ4v) is 1.91. The molecule has 0 spiro atoms. The van der Waals surface area contributed by atoms with E-state index in [0.717, 1.165) is 24.2 Å². The van der Waals surface area contributed by atoms with Gasteiger partial charge in [-0.05, 0) is 24.8 Å². The van der Waals surface area contributed by atoms with Gasteiger partial charge in [0.05, 0.1) is 12.9 Å². The number of para-hydroxylation sites is 1. The standard InChI is InChI=1S/C12H17NO3S/c1-17(14,15)13-8-11-4-2-3-5-12(11)16-9-10-6-7-10/h2-5,10,13H,6-9H2,1H3. The minimum absolute atomic E-state index is 0.277. The number of sulfonamides is 1. The van der Waals surface area contributed by atoms with Crippen LogP contribution in [0.25, 0.3) is 0 Å². The highest BCUT2D eigenvalue weighted by Crippen LogP contribution is 2.30. The summed E-state index contributed by atoms with van der Waals surface area (Å²) in [4.78, 5) is 0. The minimum Gasteiger partial charge on any atom is -0.493 e. The number of hydrogen-bond donors (Lipinski definition) is 1. The second-order valence-corrected chi connectivity index (χ2v) is 6.29. The van der Waals surface area contributed by atoms with E-state index in [2.05, 4.69) is 4.72 Å². The highest BCUT2D eigenvalue weighted by molar-refractivity contribution is 7.88. The number of ether oxygens (including phenoxy) is 1. The topological polar surface area (TPSA) is 55.4 Å². The van der Waals surface area contributed by atoms with E-state index in [4.69, 9.17) is 4.74 Å². The molecule has 5 heteroatoms. The molecule has 4 nitrogen and oxygen atoms in total. The summed E-state index contributed by atoms with van der Waals surface area (Å²) in [5.74, 6) is 1.46. The van der Waals surface area contributed by atoms with Crippen LogP contribution in [-0.4, -0.2) is 21.3 Å². The van der Waals surface area contributed by atoms with E-state index >= 15 is 0 Å². The molecule has 1 fully saturated rings. The summed E-state index contributed by atoms with van der Waals surface area (Å²) >= 11 is 0. The van der Waals surface area contributed by atoms with Gasteiger partial charge in [-0.1, -0.05) is 18.2 Å². The Bertz CT molecular complexity index is 480. The van der Waals surface area contributed by atoms with Crippen LogP contribution >= 0.6 is 0 Å². The lowest BCUT2D eigenvalue weighted by Gasteiger charge is -2.11. The fraction of sp³-hybridized carbons (Fsp3) is 0.500. The lowest BCUT2D eigenvalue weighted by atomic mass is 10.2. The van der Waals surface area contributed by atoms with Gasteiger partial charge >= 0.3 is 0 Å². The Labute approximate surface area is 102 Å². The highest BCUT2D eigenvalue weighted by atomic mass is 32.2. The van der Waals surface area contributed by atoms with Gasteiger partial charge in [-0.2, -0.15) is 0 Å². The van der Waals surface area contributed by atoms with Crippen LogP contribution in [0, 0.1) is 5.92 Å². The third kappa shape index (κ3) is 4.36. The van der Waals surface area contributed by atoms with E-state index in [0.29, 0.717) is 5.92 Å². The van der Waals surface area contributed by atoms with Crippen LogP contribution in [0.2, 0.25) is 0 Å². The van der Waals surface area contributed by atoms with Crippen LogP contribution in [0.4, 0.5) is 0 Å². The molecule has 0 aromatic heterocycles. The Balaban J connectivity index is 1.98. The van der Waals surface area contributed by atoms with Crippen LogP contribution in [0.1, 0.15) is 18.4 Å². The molecule has 1 aromatic carbocycles. The first-order chi connectivity index (χ1) is 8.04. The maximum Gasteiger partial charge on any atom is 0.209 e. The van der Waals surface area contributed by atoms with Crippen molar-refractivity contribution in [3.63, 3.8) is 0 Å². The number of rotatable bonds is 6. The van der Waals surface area contributed by atoms with Crippen LogP contribution in [0.15, 0.2) is 24.3 Å². The zero-order valence-corrected chi connectivity index (χ0v) is 10.7. The number of nitrogens with one attached hydrogen (secondary N) is 1. The molecule has 0 aliphatic heterocycles. The quantitative estimate of drug-likeness (QED) is 0.838. The summed E-state index contributed by atoms with van der Waals surface area (Å²) in [5, 5.41) is 0. The predicted octanol–water partition coefficient (Wildman–Crippen LogP) is 1.52. The van der Waals surface area contributed by atoms with Crippen LogP contribution < -0.4 is 9.46 Å². The normalized spacial score (nSPS) is 15.8. The van der Waals surface area contributed by atoms with E-state index in [1.165, 1.54) is 12.8 Å². The molecule has 1 aliphatic rings. The number of benzene rings is 1. The minimum atomic E-state index is -3.16. The molecule has 94 valence electrons. The molecule has 0 bridgehead atoms. The fourth-order valence-electron chi connectivity index (χ4n) is 1.49. The Morgan fingerprint density at radius 1 is 1.35 bits per heavy atom. The summed E-state index contributed by atoms with van der Waals surface area (Å²) < 4.78 is 30.2. The van der Waals surface area contributed by atoms with Gasteiger partial charge in [0.25, 0.3) is 0 Å².